The van der Waals surface area contributed by atoms with Crippen molar-refractivity contribution in [3.63, 3.8) is 0 Å². The van der Waals surface area contributed by atoms with Crippen molar-refractivity contribution in [3.8, 4) is 0 Å². The van der Waals surface area contributed by atoms with Gasteiger partial charge in [0.05, 0.1) is 0 Å². The molecule has 1 amide bonds. The normalized spacial score (nSPS) is 10.5. The lowest BCUT2D eigenvalue weighted by Gasteiger charge is -2.03. The van der Waals surface area contributed by atoms with Gasteiger partial charge in [0, 0.05) is 0 Å². The summed E-state index contributed by atoms with van der Waals surface area (Å²) in [5, 5.41) is 29.9. The van der Waals surface area contributed by atoms with Crippen LogP contribution in [0.4, 0.5) is 0 Å². The van der Waals surface area contributed by atoms with E-state index in [1.807, 2.05) is 0 Å². The number of hydrogen-bond acceptors (Lipinski definition) is 7. The Balaban J connectivity index is 5.60. The zero-order valence-electron chi connectivity index (χ0n) is 5.78. The molecule has 0 fully saturated rings. The third kappa shape index (κ3) is 1.21. The Bertz CT molecular complexity index is 233. The van der Waals surface area contributed by atoms with Crippen LogP contribution in [0.5, 0.6) is 0 Å². The van der Waals surface area contributed by atoms with Crippen molar-refractivity contribution in [1.82, 2.24) is 0 Å². The van der Waals surface area contributed by atoms with Crippen molar-refractivity contribution < 1.29 is 19.6 Å². The quantitative estimate of drug-likeness (QED) is 0.304. The highest BCUT2D eigenvalue weighted by molar-refractivity contribution is 5.79. The van der Waals surface area contributed by atoms with Crippen LogP contribution in [0.1, 0.15) is 0 Å². The molecule has 0 spiro atoms. The SMILES string of the molecule is NC(=O)C([N+](=O)[O-])([N+](=O)[O-])[N+](=O)[O-]. The number of hydrogen-bond donors (Lipinski definition) is 1. The third-order valence-electron chi connectivity index (χ3n) is 1.09. The molecule has 0 heterocycles. The van der Waals surface area contributed by atoms with E-state index in [9.17, 15) is 35.1 Å². The molecule has 0 aromatic carbocycles. The van der Waals surface area contributed by atoms with Gasteiger partial charge in [-0.1, -0.05) is 0 Å². The van der Waals surface area contributed by atoms with Gasteiger partial charge in [-0.05, 0) is 0 Å². The van der Waals surface area contributed by atoms with E-state index >= 15 is 0 Å². The van der Waals surface area contributed by atoms with Crippen LogP contribution in [0.25, 0.3) is 0 Å². The van der Waals surface area contributed by atoms with Crippen LogP contribution in [0.2, 0.25) is 0 Å². The Hall–Kier alpha value is -2.33. The Kier molecular flexibility index (Phi) is 2.43. The third-order valence-corrected chi connectivity index (χ3v) is 1.09. The molecule has 0 atom stereocenters. The number of rotatable bonds is 4. The van der Waals surface area contributed by atoms with E-state index < -0.39 is 26.5 Å². The average molecular weight is 194 g/mol. The number of amides is 1. The predicted octanol–water partition coefficient (Wildman–Crippen LogP) is -2.04. The van der Waals surface area contributed by atoms with E-state index in [-0.39, 0.29) is 0 Å². The van der Waals surface area contributed by atoms with E-state index in [2.05, 4.69) is 5.73 Å². The number of nitrogens with zero attached hydrogens (tertiary/aromatic N) is 3. The molecule has 0 radical (unpaired) electrons. The topological polar surface area (TPSA) is 173 Å². The zero-order chi connectivity index (χ0) is 10.8. The van der Waals surface area contributed by atoms with Crippen LogP contribution < -0.4 is 5.73 Å². The molecular formula is C2H2N4O7. The second-order valence-electron chi connectivity index (χ2n) is 1.77. The van der Waals surface area contributed by atoms with Crippen molar-refractivity contribution in [2.24, 2.45) is 5.73 Å². The second kappa shape index (κ2) is 2.96. The summed E-state index contributed by atoms with van der Waals surface area (Å²) in [6.45, 7) is 0. The van der Waals surface area contributed by atoms with Gasteiger partial charge in [-0.15, -0.1) is 0 Å². The molecule has 0 aromatic rings. The van der Waals surface area contributed by atoms with Gasteiger partial charge < -0.3 is 5.73 Å². The van der Waals surface area contributed by atoms with Crippen LogP contribution in [0.3, 0.4) is 0 Å². The summed E-state index contributed by atoms with van der Waals surface area (Å²) in [4.78, 5) is 34.3. The van der Waals surface area contributed by atoms with Gasteiger partial charge in [0.2, 0.25) is 0 Å². The lowest BCUT2D eigenvalue weighted by Crippen LogP contribution is -2.62. The van der Waals surface area contributed by atoms with Gasteiger partial charge in [0.25, 0.3) is 0 Å². The summed E-state index contributed by atoms with van der Waals surface area (Å²) in [5.41, 5.74) is 4.21. The highest BCUT2D eigenvalue weighted by atomic mass is 16.7. The number of carbonyl (C=O) groups is 1. The van der Waals surface area contributed by atoms with E-state index in [0.29, 0.717) is 0 Å². The van der Waals surface area contributed by atoms with Gasteiger partial charge >= 0.3 is 11.7 Å². The molecule has 72 valence electrons. The molecule has 0 aliphatic carbocycles. The highest BCUT2D eigenvalue weighted by Gasteiger charge is 2.77. The molecule has 0 aromatic heterocycles. The molecule has 0 bridgehead atoms. The summed E-state index contributed by atoms with van der Waals surface area (Å²) in [6, 6.07) is 0. The summed E-state index contributed by atoms with van der Waals surface area (Å²) < 4.78 is 0. The van der Waals surface area contributed by atoms with Gasteiger partial charge in [-0.3, -0.25) is 30.3 Å². The van der Waals surface area contributed by atoms with Crippen LogP contribution in [0.15, 0.2) is 0 Å². The van der Waals surface area contributed by atoms with Crippen LogP contribution in [-0.4, -0.2) is 26.5 Å². The standard InChI is InChI=1S/C2H2N4O7/c3-1(7)2(4(8)9,5(10)11)6(12)13/h(H2,3,7). The Morgan fingerprint density at radius 1 is 1.00 bits per heavy atom. The van der Waals surface area contributed by atoms with Crippen molar-refractivity contribution in [1.29, 1.82) is 0 Å². The Morgan fingerprint density at radius 3 is 1.23 bits per heavy atom. The van der Waals surface area contributed by atoms with E-state index in [0.717, 1.165) is 0 Å². The maximum absolute atomic E-state index is 10.2. The first-order valence-corrected chi connectivity index (χ1v) is 2.51. The maximum atomic E-state index is 10.2. The molecule has 11 heteroatoms. The number of carbonyl (C=O) groups excluding carboxylic acids is 1. The van der Waals surface area contributed by atoms with E-state index in [1.54, 1.807) is 0 Å². The molecule has 0 aliphatic rings. The minimum Gasteiger partial charge on any atom is -0.349 e. The first-order valence-electron chi connectivity index (χ1n) is 2.51. The monoisotopic (exact) mass is 194 g/mol. The first kappa shape index (κ1) is 10.7. The minimum atomic E-state index is -4.19. The van der Waals surface area contributed by atoms with E-state index in [1.165, 1.54) is 0 Å². The van der Waals surface area contributed by atoms with Crippen molar-refractivity contribution in [3.05, 3.63) is 30.3 Å². The molecule has 0 aliphatic heterocycles. The summed E-state index contributed by atoms with van der Waals surface area (Å²) in [7, 11) is 0. The van der Waals surface area contributed by atoms with E-state index in [4.69, 9.17) is 0 Å². The summed E-state index contributed by atoms with van der Waals surface area (Å²) >= 11 is 0. The second-order valence-corrected chi connectivity index (χ2v) is 1.77. The smallest absolute Gasteiger partial charge is 0.349 e. The molecule has 0 unspecified atom stereocenters. The minimum absolute atomic E-state index is 1.96. The van der Waals surface area contributed by atoms with Gasteiger partial charge in [-0.25, -0.2) is 4.79 Å². The van der Waals surface area contributed by atoms with Crippen LogP contribution in [0, 0.1) is 30.3 Å². The number of nitro groups is 3. The predicted molar refractivity (Wildman–Crippen MR) is 32.9 cm³/mol. The average Bonchev–Trinajstić information content (AvgIpc) is 1.82. The summed E-state index contributed by atoms with van der Waals surface area (Å²) in [5.74, 6) is -6.45. The van der Waals surface area contributed by atoms with Crippen molar-refractivity contribution >= 4 is 5.91 Å². The summed E-state index contributed by atoms with van der Waals surface area (Å²) in [6.07, 6.45) is 0. The molecule has 0 saturated heterocycles. The van der Waals surface area contributed by atoms with Gasteiger partial charge in [-0.2, -0.15) is 0 Å². The maximum Gasteiger partial charge on any atom is 0.781 e. The van der Waals surface area contributed by atoms with Crippen molar-refractivity contribution in [2.45, 2.75) is 5.79 Å². The fourth-order valence-corrected chi connectivity index (χ4v) is 0.470. The lowest BCUT2D eigenvalue weighted by molar-refractivity contribution is -0.947. The molecule has 2 N–H and O–H groups in total. The highest BCUT2D eigenvalue weighted by Crippen LogP contribution is 2.10. The number of nitrogens with two attached hydrogens (primary N) is 1. The largest absolute Gasteiger partial charge is 0.781 e. The lowest BCUT2D eigenvalue weighted by atomic mass is 10.4. The molecule has 0 rings (SSSR count). The molecule has 0 saturated carbocycles. The Morgan fingerprint density at radius 2 is 1.23 bits per heavy atom. The first-order chi connectivity index (χ1) is 5.77. The van der Waals surface area contributed by atoms with Crippen LogP contribution in [-0.2, 0) is 4.79 Å². The molecule has 13 heavy (non-hydrogen) atoms. The molecular weight excluding hydrogens is 192 g/mol. The van der Waals surface area contributed by atoms with Gasteiger partial charge in [0.15, 0.2) is 14.8 Å². The Labute approximate surface area is 68.6 Å². The molecule has 11 nitrogen and oxygen atoms in total. The van der Waals surface area contributed by atoms with Gasteiger partial charge in [0.1, 0.15) is 0 Å². The van der Waals surface area contributed by atoms with Crippen molar-refractivity contribution in [2.75, 3.05) is 0 Å². The van der Waals surface area contributed by atoms with Crippen LogP contribution >= 0.6 is 0 Å². The fraction of sp³-hybridized carbons (Fsp3) is 0.500. The zero-order valence-corrected chi connectivity index (χ0v) is 5.78. The number of primary amides is 1. The fourth-order valence-electron chi connectivity index (χ4n) is 0.470.